The number of rotatable bonds is 2. The summed E-state index contributed by atoms with van der Waals surface area (Å²) in [6.45, 7) is 1.39. The Kier molecular flexibility index (Phi) is 4.93. The van der Waals surface area contributed by atoms with Crippen molar-refractivity contribution in [3.63, 3.8) is 0 Å². The predicted octanol–water partition coefficient (Wildman–Crippen LogP) is 4.38. The van der Waals surface area contributed by atoms with Gasteiger partial charge >= 0.3 is 6.18 Å². The summed E-state index contributed by atoms with van der Waals surface area (Å²) in [5.74, 6) is -0.192. The van der Waals surface area contributed by atoms with E-state index < -0.39 is 11.7 Å². The topological polar surface area (TPSA) is 20.3 Å². The fourth-order valence-electron chi connectivity index (χ4n) is 2.23. The Labute approximate surface area is 126 Å². The summed E-state index contributed by atoms with van der Waals surface area (Å²) in [6.07, 6.45) is 1.23. The summed E-state index contributed by atoms with van der Waals surface area (Å²) in [6, 6.07) is 3.06. The number of nitrogens with zero attached hydrogens (tertiary/aromatic N) is 1. The molecule has 1 heterocycles. The van der Waals surface area contributed by atoms with E-state index in [1.807, 2.05) is 0 Å². The van der Waals surface area contributed by atoms with E-state index in [-0.39, 0.29) is 16.5 Å². The molecule has 1 aromatic rings. The van der Waals surface area contributed by atoms with Crippen molar-refractivity contribution in [2.45, 2.75) is 25.4 Å². The first-order chi connectivity index (χ1) is 9.88. The highest BCUT2D eigenvalue weighted by Crippen LogP contribution is 2.32. The van der Waals surface area contributed by atoms with Crippen LogP contribution in [0.25, 0.3) is 6.08 Å². The van der Waals surface area contributed by atoms with E-state index in [1.54, 1.807) is 4.90 Å². The van der Waals surface area contributed by atoms with Crippen LogP contribution in [0.1, 0.15) is 30.4 Å². The number of piperidine rings is 1. The van der Waals surface area contributed by atoms with Crippen molar-refractivity contribution in [3.05, 3.63) is 40.4 Å². The number of halogens is 4. The van der Waals surface area contributed by atoms with E-state index in [2.05, 4.69) is 0 Å². The van der Waals surface area contributed by atoms with E-state index in [0.717, 1.165) is 31.4 Å². The maximum atomic E-state index is 12.6. The molecule has 1 amide bonds. The van der Waals surface area contributed by atoms with Gasteiger partial charge in [0.15, 0.2) is 0 Å². The number of amides is 1. The third-order valence-corrected chi connectivity index (χ3v) is 3.74. The van der Waals surface area contributed by atoms with Gasteiger partial charge < -0.3 is 4.90 Å². The normalized spacial score (nSPS) is 16.5. The number of hydrogen-bond acceptors (Lipinski definition) is 1. The monoisotopic (exact) mass is 317 g/mol. The Morgan fingerprint density at radius 2 is 1.86 bits per heavy atom. The molecule has 0 radical (unpaired) electrons. The van der Waals surface area contributed by atoms with Crippen LogP contribution < -0.4 is 0 Å². The molecule has 0 aliphatic carbocycles. The van der Waals surface area contributed by atoms with Crippen molar-refractivity contribution in [2.75, 3.05) is 13.1 Å². The summed E-state index contributed by atoms with van der Waals surface area (Å²) in [7, 11) is 0. The van der Waals surface area contributed by atoms with Gasteiger partial charge in [-0.15, -0.1) is 0 Å². The van der Waals surface area contributed by atoms with Gasteiger partial charge in [-0.05, 0) is 49.1 Å². The van der Waals surface area contributed by atoms with Crippen molar-refractivity contribution in [1.29, 1.82) is 0 Å². The number of hydrogen-bond donors (Lipinski definition) is 0. The Bertz CT molecular complexity index is 548. The zero-order valence-corrected chi connectivity index (χ0v) is 12.0. The maximum Gasteiger partial charge on any atom is 0.416 e. The molecule has 6 heteroatoms. The minimum Gasteiger partial charge on any atom is -0.339 e. The number of alkyl halides is 3. The first-order valence-electron chi connectivity index (χ1n) is 6.71. The van der Waals surface area contributed by atoms with Crippen LogP contribution in [0.3, 0.4) is 0 Å². The molecule has 0 N–H and O–H groups in total. The Hall–Kier alpha value is -1.49. The van der Waals surface area contributed by atoms with Gasteiger partial charge in [-0.3, -0.25) is 4.79 Å². The number of likely N-dealkylation sites (tertiary alicyclic amines) is 1. The SMILES string of the molecule is O=C(/C=C/c1cc(C(F)(F)F)ccc1Cl)N1CCCCC1. The molecule has 0 aromatic heterocycles. The molecule has 0 bridgehead atoms. The van der Waals surface area contributed by atoms with Crippen LogP contribution in [0.2, 0.25) is 5.02 Å². The quantitative estimate of drug-likeness (QED) is 0.741. The molecule has 0 atom stereocenters. The molecular formula is C15H15ClF3NO. The minimum absolute atomic E-state index is 0.186. The molecule has 0 spiro atoms. The van der Waals surface area contributed by atoms with Crippen LogP contribution >= 0.6 is 11.6 Å². The van der Waals surface area contributed by atoms with Crippen LogP contribution in [0.5, 0.6) is 0 Å². The standard InChI is InChI=1S/C15H15ClF3NO/c16-13-6-5-12(15(17,18)19)10-11(13)4-7-14(21)20-8-2-1-3-9-20/h4-7,10H,1-3,8-9H2/b7-4+. The predicted molar refractivity (Wildman–Crippen MR) is 75.9 cm³/mol. The smallest absolute Gasteiger partial charge is 0.339 e. The second kappa shape index (κ2) is 6.52. The summed E-state index contributed by atoms with van der Waals surface area (Å²) < 4.78 is 37.9. The van der Waals surface area contributed by atoms with Gasteiger partial charge in [0.05, 0.1) is 5.56 Å². The first kappa shape index (κ1) is 15.9. The number of benzene rings is 1. The Morgan fingerprint density at radius 3 is 2.48 bits per heavy atom. The lowest BCUT2D eigenvalue weighted by atomic mass is 10.1. The van der Waals surface area contributed by atoms with Crippen molar-refractivity contribution in [2.24, 2.45) is 0 Å². The average Bonchev–Trinajstić information content (AvgIpc) is 2.45. The molecule has 2 rings (SSSR count). The highest BCUT2D eigenvalue weighted by Gasteiger charge is 2.30. The molecule has 1 aliphatic heterocycles. The second-order valence-corrected chi connectivity index (χ2v) is 5.36. The van der Waals surface area contributed by atoms with Gasteiger partial charge in [-0.2, -0.15) is 13.2 Å². The average molecular weight is 318 g/mol. The maximum absolute atomic E-state index is 12.6. The summed E-state index contributed by atoms with van der Waals surface area (Å²) in [4.78, 5) is 13.6. The summed E-state index contributed by atoms with van der Waals surface area (Å²) in [5.41, 5.74) is -0.589. The lowest BCUT2D eigenvalue weighted by Gasteiger charge is -2.25. The van der Waals surface area contributed by atoms with Crippen LogP contribution in [0, 0.1) is 0 Å². The van der Waals surface area contributed by atoms with Crippen LogP contribution in [-0.2, 0) is 11.0 Å². The van der Waals surface area contributed by atoms with E-state index >= 15 is 0 Å². The summed E-state index contributed by atoms with van der Waals surface area (Å²) in [5, 5.41) is 0.186. The van der Waals surface area contributed by atoms with Crippen LogP contribution in [-0.4, -0.2) is 23.9 Å². The fourth-order valence-corrected chi connectivity index (χ4v) is 2.41. The van der Waals surface area contributed by atoms with E-state index in [1.165, 1.54) is 18.2 Å². The fraction of sp³-hybridized carbons (Fsp3) is 0.400. The Balaban J connectivity index is 2.14. The second-order valence-electron chi connectivity index (χ2n) is 4.95. The zero-order valence-electron chi connectivity index (χ0n) is 11.3. The molecule has 1 fully saturated rings. The van der Waals surface area contributed by atoms with Gasteiger partial charge in [0.2, 0.25) is 5.91 Å². The molecule has 1 aliphatic rings. The summed E-state index contributed by atoms with van der Waals surface area (Å²) >= 11 is 5.87. The van der Waals surface area contributed by atoms with Gasteiger partial charge in [-0.25, -0.2) is 0 Å². The molecule has 2 nitrogen and oxygen atoms in total. The molecule has 114 valence electrons. The third-order valence-electron chi connectivity index (χ3n) is 3.40. The molecular weight excluding hydrogens is 303 g/mol. The van der Waals surface area contributed by atoms with Gasteiger partial charge in [0, 0.05) is 24.2 Å². The molecule has 1 saturated heterocycles. The zero-order chi connectivity index (χ0) is 15.5. The van der Waals surface area contributed by atoms with E-state index in [0.29, 0.717) is 13.1 Å². The molecule has 0 saturated carbocycles. The molecule has 0 unspecified atom stereocenters. The Morgan fingerprint density at radius 1 is 1.19 bits per heavy atom. The number of carbonyl (C=O) groups excluding carboxylic acids is 1. The largest absolute Gasteiger partial charge is 0.416 e. The minimum atomic E-state index is -4.43. The van der Waals surface area contributed by atoms with E-state index in [9.17, 15) is 18.0 Å². The van der Waals surface area contributed by atoms with Crippen LogP contribution in [0.4, 0.5) is 13.2 Å². The van der Waals surface area contributed by atoms with Gasteiger partial charge in [0.1, 0.15) is 0 Å². The van der Waals surface area contributed by atoms with Crippen LogP contribution in [0.15, 0.2) is 24.3 Å². The van der Waals surface area contributed by atoms with Crippen molar-refractivity contribution in [3.8, 4) is 0 Å². The third kappa shape index (κ3) is 4.24. The number of carbonyl (C=O) groups is 1. The highest BCUT2D eigenvalue weighted by molar-refractivity contribution is 6.32. The lowest BCUT2D eigenvalue weighted by molar-refractivity contribution is -0.137. The van der Waals surface area contributed by atoms with Gasteiger partial charge in [0.25, 0.3) is 0 Å². The van der Waals surface area contributed by atoms with Crippen molar-refractivity contribution >= 4 is 23.6 Å². The molecule has 21 heavy (non-hydrogen) atoms. The first-order valence-corrected chi connectivity index (χ1v) is 7.09. The van der Waals surface area contributed by atoms with Crippen molar-refractivity contribution in [1.82, 2.24) is 4.90 Å². The van der Waals surface area contributed by atoms with Gasteiger partial charge in [-0.1, -0.05) is 11.6 Å². The molecule has 1 aromatic carbocycles. The van der Waals surface area contributed by atoms with E-state index in [4.69, 9.17) is 11.6 Å². The lowest BCUT2D eigenvalue weighted by Crippen LogP contribution is -2.34. The highest BCUT2D eigenvalue weighted by atomic mass is 35.5. The van der Waals surface area contributed by atoms with Crippen molar-refractivity contribution < 1.29 is 18.0 Å².